The zero-order chi connectivity index (χ0) is 10.8. The van der Waals surface area contributed by atoms with Gasteiger partial charge in [-0.05, 0) is 13.0 Å². The number of hydrogen-bond donors (Lipinski definition) is 1. The van der Waals surface area contributed by atoms with Gasteiger partial charge < -0.3 is 5.73 Å². The van der Waals surface area contributed by atoms with Crippen LogP contribution in [-0.4, -0.2) is 22.5 Å². The predicted octanol–water partition coefficient (Wildman–Crippen LogP) is 1.41. The molecule has 1 aromatic heterocycles. The molecule has 0 amide bonds. The summed E-state index contributed by atoms with van der Waals surface area (Å²) in [6, 6.07) is 0. The average Bonchev–Trinajstić information content (AvgIpc) is 2.45. The minimum absolute atomic E-state index is 0.0130. The van der Waals surface area contributed by atoms with Crippen molar-refractivity contribution in [3.63, 3.8) is 0 Å². The van der Waals surface area contributed by atoms with E-state index >= 15 is 0 Å². The molecule has 0 aliphatic rings. The normalized spacial score (nSPS) is 14.4. The van der Waals surface area contributed by atoms with Gasteiger partial charge in [0.25, 0.3) is 0 Å². The molecule has 1 heterocycles. The Balaban J connectivity index is 2.88. The van der Waals surface area contributed by atoms with E-state index in [0.29, 0.717) is 0 Å². The molecule has 0 saturated carbocycles. The molecule has 0 saturated heterocycles. The van der Waals surface area contributed by atoms with Gasteiger partial charge in [-0.3, -0.25) is 4.68 Å². The Kier molecular flexibility index (Phi) is 3.15. The third kappa shape index (κ3) is 2.47. The maximum atomic E-state index is 12.5. The van der Waals surface area contributed by atoms with Crippen LogP contribution < -0.4 is 5.73 Å². The summed E-state index contributed by atoms with van der Waals surface area (Å²) >= 11 is 0. The molecule has 0 radical (unpaired) electrons. The quantitative estimate of drug-likeness (QED) is 0.814. The van der Waals surface area contributed by atoms with Crippen molar-refractivity contribution in [2.75, 3.05) is 6.54 Å². The molecule has 0 fully saturated rings. The Bertz CT molecular complexity index is 292. The molecule has 80 valence electrons. The van der Waals surface area contributed by atoms with Gasteiger partial charge >= 0.3 is 6.18 Å². The summed E-state index contributed by atoms with van der Waals surface area (Å²) in [4.78, 5) is 0. The smallest absolute Gasteiger partial charge is 0.330 e. The lowest BCUT2D eigenvalue weighted by Gasteiger charge is -2.17. The summed E-state index contributed by atoms with van der Waals surface area (Å²) < 4.78 is 38.9. The first kappa shape index (κ1) is 11.0. The minimum Gasteiger partial charge on any atom is -0.330 e. The Morgan fingerprint density at radius 2 is 2.21 bits per heavy atom. The number of nitrogens with zero attached hydrogens (tertiary/aromatic N) is 2. The van der Waals surface area contributed by atoms with Crippen LogP contribution in [0.4, 0.5) is 13.2 Å². The predicted molar refractivity (Wildman–Crippen MR) is 45.7 cm³/mol. The number of halogens is 3. The van der Waals surface area contributed by atoms with Gasteiger partial charge in [-0.25, -0.2) is 0 Å². The SMILES string of the molecule is Cn1cc(C(CCN)C(F)(F)F)cn1. The Labute approximate surface area is 79.7 Å². The lowest BCUT2D eigenvalue weighted by atomic mass is 9.98. The second-order valence-electron chi connectivity index (χ2n) is 3.12. The van der Waals surface area contributed by atoms with Crippen molar-refractivity contribution in [3.05, 3.63) is 18.0 Å². The maximum Gasteiger partial charge on any atom is 0.395 e. The van der Waals surface area contributed by atoms with Crippen LogP contribution in [0.1, 0.15) is 17.9 Å². The number of alkyl halides is 3. The molecule has 3 nitrogen and oxygen atoms in total. The Morgan fingerprint density at radius 1 is 1.57 bits per heavy atom. The van der Waals surface area contributed by atoms with Gasteiger partial charge in [-0.2, -0.15) is 18.3 Å². The maximum absolute atomic E-state index is 12.5. The topological polar surface area (TPSA) is 43.8 Å². The first-order valence-electron chi connectivity index (χ1n) is 4.20. The summed E-state index contributed by atoms with van der Waals surface area (Å²) in [6.07, 6.45) is -1.75. The van der Waals surface area contributed by atoms with Gasteiger partial charge in [0.1, 0.15) is 0 Å². The second-order valence-corrected chi connectivity index (χ2v) is 3.12. The van der Waals surface area contributed by atoms with Crippen molar-refractivity contribution >= 4 is 0 Å². The largest absolute Gasteiger partial charge is 0.395 e. The highest BCUT2D eigenvalue weighted by molar-refractivity contribution is 5.13. The molecule has 1 atom stereocenters. The van der Waals surface area contributed by atoms with Crippen LogP contribution in [0.3, 0.4) is 0 Å². The van der Waals surface area contributed by atoms with Gasteiger partial charge in [0, 0.05) is 18.8 Å². The summed E-state index contributed by atoms with van der Waals surface area (Å²) in [5, 5.41) is 3.71. The molecule has 2 N–H and O–H groups in total. The van der Waals surface area contributed by atoms with E-state index in [1.54, 1.807) is 7.05 Å². The van der Waals surface area contributed by atoms with E-state index in [0.717, 1.165) is 0 Å². The van der Waals surface area contributed by atoms with Gasteiger partial charge in [-0.15, -0.1) is 0 Å². The average molecular weight is 207 g/mol. The molecule has 0 spiro atoms. The summed E-state index contributed by atoms with van der Waals surface area (Å²) in [7, 11) is 1.58. The van der Waals surface area contributed by atoms with Crippen molar-refractivity contribution in [3.8, 4) is 0 Å². The Hall–Kier alpha value is -1.04. The third-order valence-electron chi connectivity index (χ3n) is 1.98. The molecule has 6 heteroatoms. The lowest BCUT2D eigenvalue weighted by Crippen LogP contribution is -2.23. The van der Waals surface area contributed by atoms with Crippen LogP contribution in [0.2, 0.25) is 0 Å². The minimum atomic E-state index is -4.25. The van der Waals surface area contributed by atoms with Crippen molar-refractivity contribution in [1.29, 1.82) is 0 Å². The van der Waals surface area contributed by atoms with Crippen LogP contribution in [0.5, 0.6) is 0 Å². The fourth-order valence-corrected chi connectivity index (χ4v) is 1.31. The third-order valence-corrected chi connectivity index (χ3v) is 1.98. The van der Waals surface area contributed by atoms with Gasteiger partial charge in [0.2, 0.25) is 0 Å². The van der Waals surface area contributed by atoms with Crippen LogP contribution >= 0.6 is 0 Å². The van der Waals surface area contributed by atoms with E-state index in [-0.39, 0.29) is 18.5 Å². The van der Waals surface area contributed by atoms with Crippen molar-refractivity contribution in [2.24, 2.45) is 12.8 Å². The van der Waals surface area contributed by atoms with Crippen LogP contribution in [0.25, 0.3) is 0 Å². The van der Waals surface area contributed by atoms with E-state index in [9.17, 15) is 13.2 Å². The first-order valence-corrected chi connectivity index (χ1v) is 4.20. The number of hydrogen-bond acceptors (Lipinski definition) is 2. The van der Waals surface area contributed by atoms with Gasteiger partial charge in [0.05, 0.1) is 12.1 Å². The highest BCUT2D eigenvalue weighted by Crippen LogP contribution is 2.36. The highest BCUT2D eigenvalue weighted by Gasteiger charge is 2.40. The fourth-order valence-electron chi connectivity index (χ4n) is 1.31. The molecule has 0 aliphatic heterocycles. The van der Waals surface area contributed by atoms with E-state index < -0.39 is 12.1 Å². The van der Waals surface area contributed by atoms with Gasteiger partial charge in [0.15, 0.2) is 0 Å². The van der Waals surface area contributed by atoms with Crippen molar-refractivity contribution < 1.29 is 13.2 Å². The molecule has 1 aromatic rings. The number of aryl methyl sites for hydroxylation is 1. The van der Waals surface area contributed by atoms with E-state index in [1.165, 1.54) is 17.1 Å². The van der Waals surface area contributed by atoms with Gasteiger partial charge in [-0.1, -0.05) is 0 Å². The molecule has 14 heavy (non-hydrogen) atoms. The second kappa shape index (κ2) is 4.00. The van der Waals surface area contributed by atoms with E-state index in [2.05, 4.69) is 5.10 Å². The standard InChI is InChI=1S/C8H12F3N3/c1-14-5-6(4-13-14)7(2-3-12)8(9,10)11/h4-5,7H,2-3,12H2,1H3. The first-order chi connectivity index (χ1) is 6.45. The molecular weight excluding hydrogens is 195 g/mol. The molecule has 0 aromatic carbocycles. The van der Waals surface area contributed by atoms with Crippen LogP contribution in [-0.2, 0) is 7.05 Å². The molecule has 1 unspecified atom stereocenters. The summed E-state index contributed by atoms with van der Waals surface area (Å²) in [5.74, 6) is -1.50. The van der Waals surface area contributed by atoms with Crippen molar-refractivity contribution in [1.82, 2.24) is 9.78 Å². The molecular formula is C8H12F3N3. The van der Waals surface area contributed by atoms with Crippen LogP contribution in [0.15, 0.2) is 12.4 Å². The number of rotatable bonds is 3. The van der Waals surface area contributed by atoms with E-state index in [4.69, 9.17) is 5.73 Å². The lowest BCUT2D eigenvalue weighted by molar-refractivity contribution is -0.151. The monoisotopic (exact) mass is 207 g/mol. The molecule has 0 aliphatic carbocycles. The zero-order valence-corrected chi connectivity index (χ0v) is 7.75. The number of aromatic nitrogens is 2. The van der Waals surface area contributed by atoms with Crippen LogP contribution in [0, 0.1) is 0 Å². The Morgan fingerprint density at radius 3 is 2.57 bits per heavy atom. The fraction of sp³-hybridized carbons (Fsp3) is 0.625. The van der Waals surface area contributed by atoms with E-state index in [1.807, 2.05) is 0 Å². The summed E-state index contributed by atoms with van der Waals surface area (Å²) in [5.41, 5.74) is 5.31. The molecule has 1 rings (SSSR count). The molecule has 0 bridgehead atoms. The highest BCUT2D eigenvalue weighted by atomic mass is 19.4. The summed E-state index contributed by atoms with van der Waals surface area (Å²) in [6.45, 7) is 0.0130. The van der Waals surface area contributed by atoms with Crippen molar-refractivity contribution in [2.45, 2.75) is 18.5 Å². The zero-order valence-electron chi connectivity index (χ0n) is 7.75. The number of nitrogens with two attached hydrogens (primary N) is 1.